The van der Waals surface area contributed by atoms with Crippen LogP contribution in [0.2, 0.25) is 0 Å². The molecule has 5 nitrogen and oxygen atoms in total. The van der Waals surface area contributed by atoms with Crippen LogP contribution in [0.4, 0.5) is 0 Å². The molecule has 17 heavy (non-hydrogen) atoms. The van der Waals surface area contributed by atoms with Gasteiger partial charge in [0.15, 0.2) is 0 Å². The second-order valence-electron chi connectivity index (χ2n) is 4.92. The Morgan fingerprint density at radius 1 is 1.24 bits per heavy atom. The molecule has 0 fully saturated rings. The van der Waals surface area contributed by atoms with Crippen molar-refractivity contribution in [3.05, 3.63) is 0 Å². The van der Waals surface area contributed by atoms with Crippen LogP contribution in [0.15, 0.2) is 0 Å². The molecule has 0 rings (SSSR count). The molecular weight excluding hydrogens is 238 g/mol. The maximum Gasteiger partial charge on any atom is 0.281 e. The Kier molecular flexibility index (Phi) is 6.61. The summed E-state index contributed by atoms with van der Waals surface area (Å²) < 4.78 is 27.4. The van der Waals surface area contributed by atoms with Crippen LogP contribution in [0.3, 0.4) is 0 Å². The molecule has 0 radical (unpaired) electrons. The van der Waals surface area contributed by atoms with Gasteiger partial charge in [-0.25, -0.2) is 0 Å². The highest BCUT2D eigenvalue weighted by molar-refractivity contribution is 7.86. The van der Waals surface area contributed by atoms with E-state index in [4.69, 9.17) is 0 Å². The third kappa shape index (κ3) is 4.54. The first-order valence-electron chi connectivity index (χ1n) is 6.05. The quantitative estimate of drug-likeness (QED) is 0.663. The number of rotatable bonds is 8. The van der Waals surface area contributed by atoms with Gasteiger partial charge < -0.3 is 5.32 Å². The fraction of sp³-hybridized carbons (Fsp3) is 1.00. The molecule has 0 amide bonds. The van der Waals surface area contributed by atoms with Crippen LogP contribution >= 0.6 is 0 Å². The number of hydrogen-bond donors (Lipinski definition) is 1. The molecule has 0 aromatic heterocycles. The first-order valence-corrected chi connectivity index (χ1v) is 7.44. The molecule has 0 heterocycles. The smallest absolute Gasteiger partial charge is 0.281 e. The second-order valence-corrected chi connectivity index (χ2v) is 6.99. The minimum atomic E-state index is -3.35. The van der Waals surface area contributed by atoms with Crippen molar-refractivity contribution in [3.63, 3.8) is 0 Å². The van der Waals surface area contributed by atoms with Crippen LogP contribution in [0.25, 0.3) is 0 Å². The molecule has 0 unspecified atom stereocenters. The zero-order valence-corrected chi connectivity index (χ0v) is 12.8. The summed E-state index contributed by atoms with van der Waals surface area (Å²) in [6.45, 7) is 7.22. The van der Waals surface area contributed by atoms with Gasteiger partial charge >= 0.3 is 0 Å². The SMILES string of the molecule is CCC(C)(C)N(C)S(=O)(=O)N(C)CCCNC. The van der Waals surface area contributed by atoms with Crippen LogP contribution in [0.1, 0.15) is 33.6 Å². The van der Waals surface area contributed by atoms with Crippen molar-refractivity contribution in [2.24, 2.45) is 0 Å². The molecular formula is C11H27N3O2S. The van der Waals surface area contributed by atoms with Crippen LogP contribution in [0, 0.1) is 0 Å². The molecule has 0 atom stereocenters. The van der Waals surface area contributed by atoms with E-state index < -0.39 is 10.2 Å². The van der Waals surface area contributed by atoms with Gasteiger partial charge in [0, 0.05) is 26.2 Å². The van der Waals surface area contributed by atoms with Crippen molar-refractivity contribution < 1.29 is 8.42 Å². The van der Waals surface area contributed by atoms with Gasteiger partial charge in [-0.2, -0.15) is 17.0 Å². The molecule has 0 spiro atoms. The average Bonchev–Trinajstić information content (AvgIpc) is 2.28. The highest BCUT2D eigenvalue weighted by Crippen LogP contribution is 2.21. The zero-order valence-electron chi connectivity index (χ0n) is 11.9. The molecule has 0 aromatic rings. The van der Waals surface area contributed by atoms with Gasteiger partial charge in [-0.05, 0) is 40.3 Å². The predicted molar refractivity (Wildman–Crippen MR) is 72.2 cm³/mol. The summed E-state index contributed by atoms with van der Waals surface area (Å²) in [7, 11) is 1.79. The lowest BCUT2D eigenvalue weighted by Gasteiger charge is -2.36. The summed E-state index contributed by atoms with van der Waals surface area (Å²) in [5.41, 5.74) is -0.351. The summed E-state index contributed by atoms with van der Waals surface area (Å²) in [5.74, 6) is 0. The van der Waals surface area contributed by atoms with Gasteiger partial charge in [0.1, 0.15) is 0 Å². The molecule has 0 aromatic carbocycles. The third-order valence-corrected chi connectivity index (χ3v) is 5.51. The van der Waals surface area contributed by atoms with E-state index in [0.29, 0.717) is 6.54 Å². The van der Waals surface area contributed by atoms with E-state index in [1.165, 1.54) is 8.61 Å². The van der Waals surface area contributed by atoms with Crippen LogP contribution < -0.4 is 5.32 Å². The molecule has 6 heteroatoms. The average molecular weight is 265 g/mol. The van der Waals surface area contributed by atoms with E-state index in [9.17, 15) is 8.42 Å². The Hall–Kier alpha value is -0.170. The standard InChI is InChI=1S/C11H27N3O2S/c1-7-11(2,3)14(6)17(15,16)13(5)10-8-9-12-4/h12H,7-10H2,1-6H3. The fourth-order valence-corrected chi connectivity index (χ4v) is 2.87. The molecule has 0 saturated heterocycles. The summed E-state index contributed by atoms with van der Waals surface area (Å²) in [6, 6.07) is 0. The lowest BCUT2D eigenvalue weighted by atomic mass is 10.0. The van der Waals surface area contributed by atoms with Crippen molar-refractivity contribution in [1.29, 1.82) is 0 Å². The van der Waals surface area contributed by atoms with E-state index in [1.54, 1.807) is 14.1 Å². The maximum absolute atomic E-state index is 12.3. The normalized spacial score (nSPS) is 13.6. The van der Waals surface area contributed by atoms with E-state index in [0.717, 1.165) is 19.4 Å². The van der Waals surface area contributed by atoms with Gasteiger partial charge in [0.05, 0.1) is 0 Å². The second kappa shape index (κ2) is 6.68. The van der Waals surface area contributed by atoms with E-state index in [-0.39, 0.29) is 5.54 Å². The van der Waals surface area contributed by atoms with Crippen LogP contribution in [-0.2, 0) is 10.2 Å². The molecule has 0 bridgehead atoms. The highest BCUT2D eigenvalue weighted by Gasteiger charge is 2.33. The van der Waals surface area contributed by atoms with Gasteiger partial charge in [-0.15, -0.1) is 0 Å². The highest BCUT2D eigenvalue weighted by atomic mass is 32.2. The van der Waals surface area contributed by atoms with Gasteiger partial charge in [0.2, 0.25) is 0 Å². The molecule has 1 N–H and O–H groups in total. The monoisotopic (exact) mass is 265 g/mol. The van der Waals surface area contributed by atoms with E-state index in [2.05, 4.69) is 5.32 Å². The minimum Gasteiger partial charge on any atom is -0.320 e. The van der Waals surface area contributed by atoms with Crippen LogP contribution in [0.5, 0.6) is 0 Å². The predicted octanol–water partition coefficient (Wildman–Crippen LogP) is 0.893. The van der Waals surface area contributed by atoms with Crippen molar-refractivity contribution >= 4 is 10.2 Å². The minimum absolute atomic E-state index is 0.351. The Morgan fingerprint density at radius 2 is 1.76 bits per heavy atom. The summed E-state index contributed by atoms with van der Waals surface area (Å²) in [6.07, 6.45) is 1.60. The van der Waals surface area contributed by atoms with E-state index >= 15 is 0 Å². The Bertz CT molecular complexity index is 315. The molecule has 104 valence electrons. The van der Waals surface area contributed by atoms with Crippen molar-refractivity contribution in [1.82, 2.24) is 13.9 Å². The van der Waals surface area contributed by atoms with E-state index in [1.807, 2.05) is 27.8 Å². The Balaban J connectivity index is 4.66. The molecule has 0 aliphatic rings. The fourth-order valence-electron chi connectivity index (χ4n) is 1.34. The molecule has 0 aliphatic heterocycles. The van der Waals surface area contributed by atoms with Crippen LogP contribution in [-0.4, -0.2) is 56.8 Å². The lowest BCUT2D eigenvalue weighted by molar-refractivity contribution is 0.239. The lowest BCUT2D eigenvalue weighted by Crippen LogP contribution is -2.50. The largest absolute Gasteiger partial charge is 0.320 e. The third-order valence-electron chi connectivity index (χ3n) is 3.36. The van der Waals surface area contributed by atoms with Gasteiger partial charge in [0.25, 0.3) is 10.2 Å². The van der Waals surface area contributed by atoms with Crippen molar-refractivity contribution in [2.45, 2.75) is 39.2 Å². The zero-order chi connectivity index (χ0) is 13.7. The number of nitrogens with one attached hydrogen (secondary N) is 1. The summed E-state index contributed by atoms with van der Waals surface area (Å²) >= 11 is 0. The Morgan fingerprint density at radius 3 is 2.18 bits per heavy atom. The number of nitrogens with zero attached hydrogens (tertiary/aromatic N) is 2. The first kappa shape index (κ1) is 16.8. The maximum atomic E-state index is 12.3. The van der Waals surface area contributed by atoms with Crippen molar-refractivity contribution in [3.8, 4) is 0 Å². The number of hydrogen-bond acceptors (Lipinski definition) is 3. The topological polar surface area (TPSA) is 52.7 Å². The Labute approximate surface area is 106 Å². The first-order chi connectivity index (χ1) is 7.70. The van der Waals surface area contributed by atoms with Gasteiger partial charge in [-0.3, -0.25) is 0 Å². The summed E-state index contributed by atoms with van der Waals surface area (Å²) in [5, 5.41) is 3.01. The van der Waals surface area contributed by atoms with Crippen molar-refractivity contribution in [2.75, 3.05) is 34.2 Å². The molecule has 0 saturated carbocycles. The van der Waals surface area contributed by atoms with Gasteiger partial charge in [-0.1, -0.05) is 6.92 Å². The molecule has 0 aliphatic carbocycles. The summed E-state index contributed by atoms with van der Waals surface area (Å²) in [4.78, 5) is 0.